The highest BCUT2D eigenvalue weighted by atomic mass is 19.1. The summed E-state index contributed by atoms with van der Waals surface area (Å²) >= 11 is 0. The van der Waals surface area contributed by atoms with Crippen LogP contribution in [0.2, 0.25) is 0 Å². The first-order valence-electron chi connectivity index (χ1n) is 6.89. The lowest BCUT2D eigenvalue weighted by molar-refractivity contribution is -0.123. The molecule has 0 spiro atoms. The topological polar surface area (TPSA) is 55.6 Å². The first-order chi connectivity index (χ1) is 9.58. The molecule has 2 rings (SSSR count). The van der Waals surface area contributed by atoms with Gasteiger partial charge in [-0.2, -0.15) is 0 Å². The van der Waals surface area contributed by atoms with Crippen LogP contribution in [0.25, 0.3) is 0 Å². The van der Waals surface area contributed by atoms with Crippen LogP contribution in [0.4, 0.5) is 10.1 Å². The summed E-state index contributed by atoms with van der Waals surface area (Å²) in [6, 6.07) is 4.54. The SMILES string of the molecule is COc1ccc(N(C)C(=O)[C@@H]2CCC[C@@H]2CN)cc1F. The number of carbonyl (C=O) groups excluding carboxylic acids is 1. The number of hydrogen-bond donors (Lipinski definition) is 1. The van der Waals surface area contributed by atoms with Gasteiger partial charge in [-0.05, 0) is 37.4 Å². The minimum absolute atomic E-state index is 0.0162. The van der Waals surface area contributed by atoms with Gasteiger partial charge in [0.15, 0.2) is 11.6 Å². The van der Waals surface area contributed by atoms with E-state index in [2.05, 4.69) is 0 Å². The summed E-state index contributed by atoms with van der Waals surface area (Å²) in [5, 5.41) is 0. The second-order valence-electron chi connectivity index (χ2n) is 5.25. The van der Waals surface area contributed by atoms with Crippen molar-refractivity contribution in [3.63, 3.8) is 0 Å². The van der Waals surface area contributed by atoms with Crippen molar-refractivity contribution in [2.45, 2.75) is 19.3 Å². The molecule has 4 nitrogen and oxygen atoms in total. The van der Waals surface area contributed by atoms with E-state index in [4.69, 9.17) is 10.5 Å². The highest BCUT2D eigenvalue weighted by Gasteiger charge is 2.34. The van der Waals surface area contributed by atoms with Crippen LogP contribution in [0.15, 0.2) is 18.2 Å². The molecule has 0 unspecified atom stereocenters. The van der Waals surface area contributed by atoms with Crippen LogP contribution in [0.5, 0.6) is 5.75 Å². The molecule has 110 valence electrons. The monoisotopic (exact) mass is 280 g/mol. The van der Waals surface area contributed by atoms with Crippen molar-refractivity contribution in [2.75, 3.05) is 25.6 Å². The lowest BCUT2D eigenvalue weighted by atomic mass is 9.94. The first-order valence-corrected chi connectivity index (χ1v) is 6.89. The average molecular weight is 280 g/mol. The van der Waals surface area contributed by atoms with Crippen molar-refractivity contribution < 1.29 is 13.9 Å². The van der Waals surface area contributed by atoms with Crippen LogP contribution >= 0.6 is 0 Å². The van der Waals surface area contributed by atoms with Gasteiger partial charge < -0.3 is 15.4 Å². The largest absolute Gasteiger partial charge is 0.494 e. The van der Waals surface area contributed by atoms with Crippen LogP contribution in [0, 0.1) is 17.7 Å². The number of nitrogens with zero attached hydrogens (tertiary/aromatic N) is 1. The second kappa shape index (κ2) is 6.22. The predicted molar refractivity (Wildman–Crippen MR) is 76.2 cm³/mol. The number of methoxy groups -OCH3 is 1. The van der Waals surface area contributed by atoms with Crippen LogP contribution in [-0.4, -0.2) is 26.6 Å². The molecule has 0 bridgehead atoms. The minimum atomic E-state index is -0.466. The van der Waals surface area contributed by atoms with Gasteiger partial charge in [-0.25, -0.2) is 4.39 Å². The normalized spacial score (nSPS) is 21.8. The standard InChI is InChI=1S/C15H21FN2O2/c1-18(11-6-7-14(20-2)13(16)8-11)15(19)12-5-3-4-10(12)9-17/h6-8,10,12H,3-5,9,17H2,1-2H3/t10-,12-/m1/s1. The van der Waals surface area contributed by atoms with E-state index < -0.39 is 5.82 Å². The van der Waals surface area contributed by atoms with Crippen LogP contribution in [0.1, 0.15) is 19.3 Å². The number of halogens is 1. The summed E-state index contributed by atoms with van der Waals surface area (Å²) in [7, 11) is 3.09. The molecule has 1 saturated carbocycles. The fraction of sp³-hybridized carbons (Fsp3) is 0.533. The number of hydrogen-bond acceptors (Lipinski definition) is 3. The Morgan fingerprint density at radius 1 is 1.50 bits per heavy atom. The molecular formula is C15H21FN2O2. The molecule has 20 heavy (non-hydrogen) atoms. The second-order valence-corrected chi connectivity index (χ2v) is 5.25. The molecular weight excluding hydrogens is 259 g/mol. The van der Waals surface area contributed by atoms with Gasteiger partial charge in [0.05, 0.1) is 7.11 Å². The molecule has 1 aliphatic rings. The summed E-state index contributed by atoms with van der Waals surface area (Å²) in [5.74, 6) is -0.0764. The Hall–Kier alpha value is -1.62. The van der Waals surface area contributed by atoms with Crippen LogP contribution in [0.3, 0.4) is 0 Å². The Morgan fingerprint density at radius 3 is 2.85 bits per heavy atom. The fourth-order valence-electron chi connectivity index (χ4n) is 2.88. The molecule has 0 heterocycles. The Bertz CT molecular complexity index is 493. The summed E-state index contributed by atoms with van der Waals surface area (Å²) < 4.78 is 18.6. The van der Waals surface area contributed by atoms with E-state index >= 15 is 0 Å². The molecule has 1 aliphatic carbocycles. The van der Waals surface area contributed by atoms with Crippen molar-refractivity contribution >= 4 is 11.6 Å². The quantitative estimate of drug-likeness (QED) is 0.919. The highest BCUT2D eigenvalue weighted by Crippen LogP contribution is 2.33. The van der Waals surface area contributed by atoms with Gasteiger partial charge in [0.1, 0.15) is 0 Å². The summed E-state index contributed by atoms with van der Waals surface area (Å²) in [4.78, 5) is 14.0. The Morgan fingerprint density at radius 2 is 2.25 bits per heavy atom. The van der Waals surface area contributed by atoms with E-state index in [9.17, 15) is 9.18 Å². The number of ether oxygens (including phenoxy) is 1. The van der Waals surface area contributed by atoms with Gasteiger partial charge in [0.2, 0.25) is 5.91 Å². The molecule has 1 aromatic rings. The smallest absolute Gasteiger partial charge is 0.230 e. The molecule has 5 heteroatoms. The van der Waals surface area contributed by atoms with Gasteiger partial charge in [0, 0.05) is 24.7 Å². The van der Waals surface area contributed by atoms with Gasteiger partial charge in [-0.15, -0.1) is 0 Å². The highest BCUT2D eigenvalue weighted by molar-refractivity contribution is 5.95. The van der Waals surface area contributed by atoms with E-state index in [0.29, 0.717) is 12.2 Å². The third-order valence-corrected chi connectivity index (χ3v) is 4.13. The fourth-order valence-corrected chi connectivity index (χ4v) is 2.88. The summed E-state index contributed by atoms with van der Waals surface area (Å²) in [6.45, 7) is 0.529. The van der Waals surface area contributed by atoms with Crippen molar-refractivity contribution in [1.29, 1.82) is 0 Å². The number of amides is 1. The predicted octanol–water partition coefficient (Wildman–Crippen LogP) is 2.17. The van der Waals surface area contributed by atoms with E-state index in [-0.39, 0.29) is 23.5 Å². The van der Waals surface area contributed by atoms with E-state index in [0.717, 1.165) is 19.3 Å². The maximum absolute atomic E-state index is 13.7. The summed E-state index contributed by atoms with van der Waals surface area (Å²) in [5.41, 5.74) is 6.25. The van der Waals surface area contributed by atoms with Crippen LogP contribution < -0.4 is 15.4 Å². The number of rotatable bonds is 4. The molecule has 0 aliphatic heterocycles. The van der Waals surface area contributed by atoms with Gasteiger partial charge in [-0.1, -0.05) is 6.42 Å². The number of anilines is 1. The molecule has 0 aromatic heterocycles. The molecule has 1 fully saturated rings. The van der Waals surface area contributed by atoms with Crippen molar-refractivity contribution in [1.82, 2.24) is 0 Å². The Kier molecular flexibility index (Phi) is 4.60. The lowest BCUT2D eigenvalue weighted by Gasteiger charge is -2.24. The van der Waals surface area contributed by atoms with Crippen LogP contribution in [-0.2, 0) is 4.79 Å². The maximum Gasteiger partial charge on any atom is 0.230 e. The molecule has 0 saturated heterocycles. The maximum atomic E-state index is 13.7. The van der Waals surface area contributed by atoms with E-state index in [1.807, 2.05) is 0 Å². The Labute approximate surface area is 118 Å². The molecule has 1 amide bonds. The number of carbonyl (C=O) groups is 1. The summed E-state index contributed by atoms with van der Waals surface area (Å²) in [6.07, 6.45) is 2.89. The molecule has 2 atom stereocenters. The zero-order valence-corrected chi connectivity index (χ0v) is 11.9. The Balaban J connectivity index is 2.16. The van der Waals surface area contributed by atoms with Gasteiger partial charge in [-0.3, -0.25) is 4.79 Å². The molecule has 1 aromatic carbocycles. The zero-order chi connectivity index (χ0) is 14.7. The third kappa shape index (κ3) is 2.77. The van der Waals surface area contributed by atoms with Crippen molar-refractivity contribution in [3.05, 3.63) is 24.0 Å². The lowest BCUT2D eigenvalue weighted by Crippen LogP contribution is -2.36. The molecule has 2 N–H and O–H groups in total. The van der Waals surface area contributed by atoms with E-state index in [1.165, 1.54) is 24.1 Å². The molecule has 0 radical (unpaired) electrons. The number of benzene rings is 1. The van der Waals surface area contributed by atoms with Gasteiger partial charge in [0.25, 0.3) is 0 Å². The zero-order valence-electron chi connectivity index (χ0n) is 11.9. The number of nitrogens with two attached hydrogens (primary N) is 1. The van der Waals surface area contributed by atoms with Crippen molar-refractivity contribution in [2.24, 2.45) is 17.6 Å². The van der Waals surface area contributed by atoms with Gasteiger partial charge >= 0.3 is 0 Å². The minimum Gasteiger partial charge on any atom is -0.494 e. The first kappa shape index (κ1) is 14.8. The van der Waals surface area contributed by atoms with E-state index in [1.54, 1.807) is 13.1 Å². The third-order valence-electron chi connectivity index (χ3n) is 4.13. The van der Waals surface area contributed by atoms with Crippen molar-refractivity contribution in [3.8, 4) is 5.75 Å². The average Bonchev–Trinajstić information content (AvgIpc) is 2.94.